The van der Waals surface area contributed by atoms with Gasteiger partial charge in [0.1, 0.15) is 5.75 Å². The molecule has 1 aromatic carbocycles. The highest BCUT2D eigenvalue weighted by molar-refractivity contribution is 5.98. The maximum Gasteiger partial charge on any atom is 0.219 e. The van der Waals surface area contributed by atoms with Crippen LogP contribution in [0.1, 0.15) is 61.6 Å². The molecule has 0 aliphatic heterocycles. The fraction of sp³-hybridized carbons (Fsp3) is 0.478. The van der Waals surface area contributed by atoms with Gasteiger partial charge in [-0.25, -0.2) is 4.98 Å². The molecule has 4 rings (SSSR count). The summed E-state index contributed by atoms with van der Waals surface area (Å²) in [6, 6.07) is 10.4. The molecule has 0 saturated heterocycles. The standard InChI is InChI=1S/C23H29N3O2/c1-26(19-10-3-2-4-11-19)23(25-27)18-14-15-24-22(16-18)28-21-13-7-9-17-8-5-6-12-20(17)21/h7,9,13-16,19,27H,2-6,8,10-12H2,1H3/b25-23-. The minimum Gasteiger partial charge on any atom is -0.439 e. The lowest BCUT2D eigenvalue weighted by Gasteiger charge is -2.33. The van der Waals surface area contributed by atoms with Gasteiger partial charge in [-0.15, -0.1) is 0 Å². The number of hydrogen-bond acceptors (Lipinski definition) is 4. The highest BCUT2D eigenvalue weighted by Crippen LogP contribution is 2.32. The molecule has 0 radical (unpaired) electrons. The molecular formula is C23H29N3O2. The van der Waals surface area contributed by atoms with Gasteiger partial charge in [0, 0.05) is 30.9 Å². The van der Waals surface area contributed by atoms with Gasteiger partial charge >= 0.3 is 0 Å². The number of oxime groups is 1. The van der Waals surface area contributed by atoms with Crippen LogP contribution in [0.5, 0.6) is 11.6 Å². The third-order valence-corrected chi connectivity index (χ3v) is 6.11. The van der Waals surface area contributed by atoms with E-state index in [4.69, 9.17) is 4.74 Å². The maximum atomic E-state index is 9.70. The van der Waals surface area contributed by atoms with Gasteiger partial charge in [0.2, 0.25) is 5.88 Å². The molecule has 5 nitrogen and oxygen atoms in total. The molecule has 148 valence electrons. The third-order valence-electron chi connectivity index (χ3n) is 6.11. The second-order valence-corrected chi connectivity index (χ2v) is 7.91. The molecule has 1 saturated carbocycles. The second-order valence-electron chi connectivity index (χ2n) is 7.91. The lowest BCUT2D eigenvalue weighted by molar-refractivity contribution is 0.256. The van der Waals surface area contributed by atoms with E-state index < -0.39 is 0 Å². The summed E-state index contributed by atoms with van der Waals surface area (Å²) < 4.78 is 6.17. The number of aryl methyl sites for hydroxylation is 1. The predicted octanol–water partition coefficient (Wildman–Crippen LogP) is 5.15. The molecule has 28 heavy (non-hydrogen) atoms. The van der Waals surface area contributed by atoms with E-state index in [1.165, 1.54) is 43.2 Å². The zero-order valence-electron chi connectivity index (χ0n) is 16.6. The van der Waals surface area contributed by atoms with Crippen LogP contribution in [0, 0.1) is 0 Å². The average molecular weight is 380 g/mol. The molecule has 1 heterocycles. The Balaban J connectivity index is 1.56. The van der Waals surface area contributed by atoms with Crippen LogP contribution in [0.25, 0.3) is 0 Å². The fourth-order valence-electron chi connectivity index (χ4n) is 4.53. The minimum absolute atomic E-state index is 0.415. The van der Waals surface area contributed by atoms with E-state index in [0.717, 1.165) is 37.0 Å². The minimum atomic E-state index is 0.415. The highest BCUT2D eigenvalue weighted by atomic mass is 16.5. The van der Waals surface area contributed by atoms with Crippen molar-refractivity contribution in [3.63, 3.8) is 0 Å². The van der Waals surface area contributed by atoms with Crippen molar-refractivity contribution < 1.29 is 9.94 Å². The number of hydrogen-bond donors (Lipinski definition) is 1. The number of aromatic nitrogens is 1. The Hall–Kier alpha value is -2.56. The maximum absolute atomic E-state index is 9.70. The van der Waals surface area contributed by atoms with Crippen molar-refractivity contribution in [3.05, 3.63) is 53.2 Å². The van der Waals surface area contributed by atoms with Gasteiger partial charge in [0.15, 0.2) is 5.84 Å². The SMILES string of the molecule is CN(/C(=N\O)c1ccnc(Oc2cccc3c2CCCC3)c1)C1CCCCC1. The van der Waals surface area contributed by atoms with Crippen LogP contribution in [-0.2, 0) is 12.8 Å². The third kappa shape index (κ3) is 3.98. The van der Waals surface area contributed by atoms with E-state index >= 15 is 0 Å². The van der Waals surface area contributed by atoms with E-state index in [1.54, 1.807) is 6.20 Å². The van der Waals surface area contributed by atoms with Gasteiger partial charge in [0.05, 0.1) is 0 Å². The van der Waals surface area contributed by atoms with Crippen molar-refractivity contribution in [1.82, 2.24) is 9.88 Å². The van der Waals surface area contributed by atoms with Gasteiger partial charge in [-0.3, -0.25) is 0 Å². The van der Waals surface area contributed by atoms with E-state index in [2.05, 4.69) is 27.2 Å². The Morgan fingerprint density at radius 2 is 1.93 bits per heavy atom. The number of fused-ring (bicyclic) bond motifs is 1. The van der Waals surface area contributed by atoms with Crippen molar-refractivity contribution in [2.24, 2.45) is 5.16 Å². The Bertz CT molecular complexity index is 843. The lowest BCUT2D eigenvalue weighted by atomic mass is 9.91. The monoisotopic (exact) mass is 379 g/mol. The summed E-state index contributed by atoms with van der Waals surface area (Å²) in [6.07, 6.45) is 12.4. The molecule has 1 fully saturated rings. The van der Waals surface area contributed by atoms with Crippen molar-refractivity contribution in [1.29, 1.82) is 0 Å². The van der Waals surface area contributed by atoms with Crippen LogP contribution in [-0.4, -0.2) is 34.0 Å². The first-order chi connectivity index (χ1) is 13.8. The van der Waals surface area contributed by atoms with Crippen LogP contribution in [0.2, 0.25) is 0 Å². The quantitative estimate of drug-likeness (QED) is 0.345. The van der Waals surface area contributed by atoms with Gasteiger partial charge < -0.3 is 14.8 Å². The molecule has 0 unspecified atom stereocenters. The first-order valence-electron chi connectivity index (χ1n) is 10.5. The summed E-state index contributed by atoms with van der Waals surface area (Å²) >= 11 is 0. The molecule has 0 atom stereocenters. The molecule has 0 amide bonds. The van der Waals surface area contributed by atoms with Gasteiger partial charge in [-0.05, 0) is 61.8 Å². The first-order valence-corrected chi connectivity index (χ1v) is 10.5. The molecule has 2 aromatic rings. The zero-order chi connectivity index (χ0) is 19.3. The number of rotatable bonds is 4. The first kappa shape index (κ1) is 18.8. The van der Waals surface area contributed by atoms with E-state index in [9.17, 15) is 5.21 Å². The summed E-state index contributed by atoms with van der Waals surface area (Å²) in [5.41, 5.74) is 3.51. The normalized spacial score (nSPS) is 17.8. The Labute approximate surface area is 167 Å². The Morgan fingerprint density at radius 3 is 2.75 bits per heavy atom. The lowest BCUT2D eigenvalue weighted by Crippen LogP contribution is -2.38. The number of nitrogens with zero attached hydrogens (tertiary/aromatic N) is 3. The number of ether oxygens (including phenoxy) is 1. The molecule has 1 aromatic heterocycles. The van der Waals surface area contributed by atoms with E-state index in [0.29, 0.717) is 17.8 Å². The van der Waals surface area contributed by atoms with Crippen molar-refractivity contribution in [3.8, 4) is 11.6 Å². The second kappa shape index (κ2) is 8.63. The van der Waals surface area contributed by atoms with Crippen LogP contribution in [0.15, 0.2) is 41.7 Å². The van der Waals surface area contributed by atoms with E-state index in [-0.39, 0.29) is 0 Å². The van der Waals surface area contributed by atoms with Crippen LogP contribution >= 0.6 is 0 Å². The van der Waals surface area contributed by atoms with Crippen LogP contribution < -0.4 is 4.74 Å². The Morgan fingerprint density at radius 1 is 1.11 bits per heavy atom. The van der Waals surface area contributed by atoms with Crippen LogP contribution in [0.3, 0.4) is 0 Å². The fourth-order valence-corrected chi connectivity index (χ4v) is 4.53. The smallest absolute Gasteiger partial charge is 0.219 e. The predicted molar refractivity (Wildman–Crippen MR) is 110 cm³/mol. The molecule has 1 N–H and O–H groups in total. The summed E-state index contributed by atoms with van der Waals surface area (Å²) in [5, 5.41) is 13.3. The average Bonchev–Trinajstić information content (AvgIpc) is 2.75. The van der Waals surface area contributed by atoms with Crippen LogP contribution in [0.4, 0.5) is 0 Å². The highest BCUT2D eigenvalue weighted by Gasteiger charge is 2.23. The Kier molecular flexibility index (Phi) is 5.79. The van der Waals surface area contributed by atoms with E-state index in [1.807, 2.05) is 25.2 Å². The number of amidine groups is 1. The molecule has 0 spiro atoms. The van der Waals surface area contributed by atoms with Gasteiger partial charge in [-0.2, -0.15) is 0 Å². The van der Waals surface area contributed by atoms with Crippen molar-refractivity contribution in [2.45, 2.75) is 63.8 Å². The largest absolute Gasteiger partial charge is 0.439 e. The summed E-state index contributed by atoms with van der Waals surface area (Å²) in [5.74, 6) is 2.01. The molecule has 2 aliphatic rings. The van der Waals surface area contributed by atoms with Crippen molar-refractivity contribution >= 4 is 5.84 Å². The van der Waals surface area contributed by atoms with Gasteiger partial charge in [0.25, 0.3) is 0 Å². The summed E-state index contributed by atoms with van der Waals surface area (Å²) in [4.78, 5) is 6.49. The summed E-state index contributed by atoms with van der Waals surface area (Å²) in [7, 11) is 2.01. The molecule has 2 aliphatic carbocycles. The molecule has 5 heteroatoms. The zero-order valence-corrected chi connectivity index (χ0v) is 16.6. The van der Waals surface area contributed by atoms with Crippen molar-refractivity contribution in [2.75, 3.05) is 7.05 Å². The topological polar surface area (TPSA) is 58.0 Å². The number of benzene rings is 1. The van der Waals surface area contributed by atoms with Gasteiger partial charge in [-0.1, -0.05) is 36.6 Å². The molecule has 0 bridgehead atoms. The number of pyridine rings is 1. The summed E-state index contributed by atoms with van der Waals surface area (Å²) in [6.45, 7) is 0. The molecular weight excluding hydrogens is 350 g/mol.